The Bertz CT molecular complexity index is 1270. The first-order valence-electron chi connectivity index (χ1n) is 10.7. The molecule has 0 aliphatic carbocycles. The lowest BCUT2D eigenvalue weighted by molar-refractivity contribution is -0.118. The second-order valence-electron chi connectivity index (χ2n) is 7.87. The van der Waals surface area contributed by atoms with Gasteiger partial charge in [0.1, 0.15) is 5.76 Å². The number of amides is 1. The molecule has 0 aliphatic rings. The van der Waals surface area contributed by atoms with E-state index in [1.807, 2.05) is 50.5 Å². The zero-order valence-corrected chi connectivity index (χ0v) is 19.4. The molecule has 1 N–H and O–H groups in total. The topological polar surface area (TPSA) is 80.4 Å². The van der Waals surface area contributed by atoms with Crippen LogP contribution in [-0.2, 0) is 11.3 Å². The van der Waals surface area contributed by atoms with Gasteiger partial charge >= 0.3 is 0 Å². The lowest BCUT2D eigenvalue weighted by atomic mass is 10.1. The highest BCUT2D eigenvalue weighted by molar-refractivity contribution is 7.99. The van der Waals surface area contributed by atoms with Crippen molar-refractivity contribution in [2.24, 2.45) is 0 Å². The smallest absolute Gasteiger partial charge is 0.262 e. The van der Waals surface area contributed by atoms with Crippen LogP contribution in [0.3, 0.4) is 0 Å². The van der Waals surface area contributed by atoms with Crippen LogP contribution in [0.4, 0.5) is 0 Å². The minimum absolute atomic E-state index is 0.0658. The lowest BCUT2D eigenvalue weighted by Crippen LogP contribution is -2.35. The van der Waals surface area contributed by atoms with E-state index in [-0.39, 0.29) is 29.8 Å². The number of benzene rings is 2. The van der Waals surface area contributed by atoms with E-state index in [1.54, 1.807) is 29.0 Å². The van der Waals surface area contributed by atoms with E-state index in [0.29, 0.717) is 28.4 Å². The quantitative estimate of drug-likeness (QED) is 0.303. The van der Waals surface area contributed by atoms with Crippen LogP contribution in [0.2, 0.25) is 0 Å². The summed E-state index contributed by atoms with van der Waals surface area (Å²) >= 11 is 1.25. The number of rotatable bonds is 9. The van der Waals surface area contributed by atoms with Crippen LogP contribution in [0.15, 0.2) is 87.4 Å². The summed E-state index contributed by atoms with van der Waals surface area (Å²) in [6, 6.07) is 21.0. The number of aromatic nitrogens is 2. The van der Waals surface area contributed by atoms with Crippen molar-refractivity contribution in [2.75, 3.05) is 26.4 Å². The Hall–Kier alpha value is -3.36. The third-order valence-electron chi connectivity index (χ3n) is 5.35. The first-order valence-corrected chi connectivity index (χ1v) is 11.6. The van der Waals surface area contributed by atoms with Crippen LogP contribution in [0.25, 0.3) is 10.9 Å². The van der Waals surface area contributed by atoms with Crippen LogP contribution >= 0.6 is 11.8 Å². The van der Waals surface area contributed by atoms with Gasteiger partial charge in [0.25, 0.3) is 5.56 Å². The molecular formula is C25H26N4O3S. The fourth-order valence-electron chi connectivity index (χ4n) is 3.62. The van der Waals surface area contributed by atoms with E-state index in [9.17, 15) is 9.59 Å². The van der Waals surface area contributed by atoms with E-state index < -0.39 is 0 Å². The first kappa shape index (κ1) is 22.8. The molecule has 4 rings (SSSR count). The van der Waals surface area contributed by atoms with Crippen LogP contribution in [0, 0.1) is 0 Å². The average Bonchev–Trinajstić information content (AvgIpc) is 3.34. The second-order valence-corrected chi connectivity index (χ2v) is 8.81. The molecule has 1 amide bonds. The van der Waals surface area contributed by atoms with Gasteiger partial charge in [-0.25, -0.2) is 4.98 Å². The summed E-state index contributed by atoms with van der Waals surface area (Å²) in [5.41, 5.74) is 1.59. The maximum atomic E-state index is 13.1. The number of hydrogen-bond donors (Lipinski definition) is 1. The highest BCUT2D eigenvalue weighted by atomic mass is 32.2. The van der Waals surface area contributed by atoms with E-state index in [4.69, 9.17) is 4.42 Å². The lowest BCUT2D eigenvalue weighted by Gasteiger charge is -2.25. The Morgan fingerprint density at radius 3 is 2.58 bits per heavy atom. The van der Waals surface area contributed by atoms with Crippen molar-refractivity contribution in [3.05, 3.63) is 94.7 Å². The number of para-hydroxylation sites is 1. The van der Waals surface area contributed by atoms with Crippen molar-refractivity contribution in [2.45, 2.75) is 17.7 Å². The van der Waals surface area contributed by atoms with Crippen LogP contribution in [0.1, 0.15) is 17.4 Å². The van der Waals surface area contributed by atoms with Crippen molar-refractivity contribution in [1.29, 1.82) is 0 Å². The number of furan rings is 1. The third-order valence-corrected chi connectivity index (χ3v) is 6.33. The molecule has 170 valence electrons. The summed E-state index contributed by atoms with van der Waals surface area (Å²) in [7, 11) is 3.98. The molecule has 0 bridgehead atoms. The molecule has 0 saturated heterocycles. The predicted octanol–water partition coefficient (Wildman–Crippen LogP) is 3.55. The number of nitrogens with one attached hydrogen (secondary N) is 1. The fourth-order valence-corrected chi connectivity index (χ4v) is 4.45. The summed E-state index contributed by atoms with van der Waals surface area (Å²) in [5.74, 6) is 0.685. The summed E-state index contributed by atoms with van der Waals surface area (Å²) in [6.07, 6.45) is 1.57. The van der Waals surface area contributed by atoms with Gasteiger partial charge < -0.3 is 14.6 Å². The van der Waals surface area contributed by atoms with Crippen molar-refractivity contribution in [1.82, 2.24) is 19.8 Å². The standard InChI is InChI=1S/C25H26N4O3S/c1-28(2)22(18-9-4-3-5-10-18)15-26-23(30)17-33-25-27-21-13-7-6-12-20(21)24(31)29(25)16-19-11-8-14-32-19/h3-14,22H,15-17H2,1-2H3,(H,26,30)/t22-/m0/s1. The molecule has 8 heteroatoms. The Morgan fingerprint density at radius 2 is 1.85 bits per heavy atom. The van der Waals surface area contributed by atoms with Crippen molar-refractivity contribution >= 4 is 28.6 Å². The monoisotopic (exact) mass is 462 g/mol. The number of likely N-dealkylation sites (N-methyl/N-ethyl adjacent to an activating group) is 1. The number of nitrogens with zero attached hydrogens (tertiary/aromatic N) is 3. The fraction of sp³-hybridized carbons (Fsp3) is 0.240. The Morgan fingerprint density at radius 1 is 1.09 bits per heavy atom. The zero-order chi connectivity index (χ0) is 23.2. The number of carbonyl (C=O) groups excluding carboxylic acids is 1. The van der Waals surface area contributed by atoms with Gasteiger partial charge in [-0.3, -0.25) is 14.2 Å². The van der Waals surface area contributed by atoms with Gasteiger partial charge in [0, 0.05) is 6.54 Å². The number of fused-ring (bicyclic) bond motifs is 1. The molecule has 0 unspecified atom stereocenters. The molecule has 2 aromatic heterocycles. The molecular weight excluding hydrogens is 436 g/mol. The van der Waals surface area contributed by atoms with Crippen LogP contribution in [-0.4, -0.2) is 46.8 Å². The maximum absolute atomic E-state index is 13.1. The van der Waals surface area contributed by atoms with Gasteiger partial charge in [-0.15, -0.1) is 0 Å². The second kappa shape index (κ2) is 10.5. The maximum Gasteiger partial charge on any atom is 0.262 e. The highest BCUT2D eigenvalue weighted by Crippen LogP contribution is 2.20. The summed E-state index contributed by atoms with van der Waals surface area (Å²) in [4.78, 5) is 32.5. The predicted molar refractivity (Wildman–Crippen MR) is 130 cm³/mol. The summed E-state index contributed by atoms with van der Waals surface area (Å²) in [5, 5.41) is 4.03. The SMILES string of the molecule is CN(C)[C@@H](CNC(=O)CSc1nc2ccccc2c(=O)n1Cc1ccco1)c1ccccc1. The van der Waals surface area contributed by atoms with E-state index in [0.717, 1.165) is 5.56 Å². The minimum atomic E-state index is -0.156. The van der Waals surface area contributed by atoms with Crippen molar-refractivity contribution in [3.63, 3.8) is 0 Å². The largest absolute Gasteiger partial charge is 0.467 e. The minimum Gasteiger partial charge on any atom is -0.467 e. The molecule has 0 spiro atoms. The molecule has 1 atom stereocenters. The van der Waals surface area contributed by atoms with E-state index in [2.05, 4.69) is 27.3 Å². The Balaban J connectivity index is 1.49. The number of thioether (sulfide) groups is 1. The van der Waals surface area contributed by atoms with Crippen LogP contribution < -0.4 is 10.9 Å². The number of carbonyl (C=O) groups is 1. The third kappa shape index (κ3) is 5.53. The molecule has 4 aromatic rings. The average molecular weight is 463 g/mol. The molecule has 0 fully saturated rings. The van der Waals surface area contributed by atoms with Crippen LogP contribution in [0.5, 0.6) is 0 Å². The molecule has 0 saturated carbocycles. The summed E-state index contributed by atoms with van der Waals surface area (Å²) < 4.78 is 6.99. The van der Waals surface area contributed by atoms with Gasteiger partial charge in [0.2, 0.25) is 5.91 Å². The van der Waals surface area contributed by atoms with E-state index in [1.165, 1.54) is 11.8 Å². The Labute approximate surface area is 196 Å². The Kier molecular flexibility index (Phi) is 7.26. The van der Waals surface area contributed by atoms with Gasteiger partial charge in [0.05, 0.1) is 35.5 Å². The van der Waals surface area contributed by atoms with Crippen molar-refractivity contribution in [3.8, 4) is 0 Å². The molecule has 0 radical (unpaired) electrons. The number of hydrogen-bond acceptors (Lipinski definition) is 6. The summed E-state index contributed by atoms with van der Waals surface area (Å²) in [6.45, 7) is 0.741. The molecule has 2 aromatic carbocycles. The molecule has 2 heterocycles. The normalized spacial score (nSPS) is 12.2. The molecule has 33 heavy (non-hydrogen) atoms. The van der Waals surface area contributed by atoms with Gasteiger partial charge in [0.15, 0.2) is 5.16 Å². The van der Waals surface area contributed by atoms with E-state index >= 15 is 0 Å². The van der Waals surface area contributed by atoms with Gasteiger partial charge in [-0.2, -0.15) is 0 Å². The van der Waals surface area contributed by atoms with Gasteiger partial charge in [-0.05, 0) is 43.9 Å². The van der Waals surface area contributed by atoms with Crippen molar-refractivity contribution < 1.29 is 9.21 Å². The zero-order valence-electron chi connectivity index (χ0n) is 18.6. The van der Waals surface area contributed by atoms with Gasteiger partial charge in [-0.1, -0.05) is 54.2 Å². The molecule has 7 nitrogen and oxygen atoms in total. The first-order chi connectivity index (χ1) is 16.0. The highest BCUT2D eigenvalue weighted by Gasteiger charge is 2.17. The molecule has 0 aliphatic heterocycles.